The van der Waals surface area contributed by atoms with Crippen molar-refractivity contribution in [3.05, 3.63) is 46.1 Å². The third kappa shape index (κ3) is 5.22. The molecule has 1 atom stereocenters. The summed E-state index contributed by atoms with van der Waals surface area (Å²) in [6, 6.07) is 8.20. The van der Waals surface area contributed by atoms with Crippen LogP contribution in [0.3, 0.4) is 0 Å². The monoisotopic (exact) mass is 387 g/mol. The number of hydrogen-bond donors (Lipinski definition) is 2. The van der Waals surface area contributed by atoms with E-state index in [0.29, 0.717) is 19.0 Å². The number of hydrogen-bond acceptors (Lipinski definition) is 5. The molecule has 0 aliphatic carbocycles. The molecule has 1 amide bonds. The average Bonchev–Trinajstić information content (AvgIpc) is 3.17. The van der Waals surface area contributed by atoms with Crippen molar-refractivity contribution in [2.24, 2.45) is 5.92 Å². The van der Waals surface area contributed by atoms with Crippen molar-refractivity contribution in [2.45, 2.75) is 26.2 Å². The van der Waals surface area contributed by atoms with Gasteiger partial charge in [-0.3, -0.25) is 9.78 Å². The Balaban J connectivity index is 1.53. The fraction of sp³-hybridized carbons (Fsp3) is 0.550. The molecule has 1 aromatic carbocycles. The SMILES string of the molecule is CCN(C[C@@H]1CCCN(CCc2cccc(OC)c2)C1)C(=O)c1n[nH]c(=O)[nH]1. The molecule has 1 aromatic heterocycles. The molecule has 8 nitrogen and oxygen atoms in total. The van der Waals surface area contributed by atoms with Crippen molar-refractivity contribution in [3.63, 3.8) is 0 Å². The van der Waals surface area contributed by atoms with Crippen molar-refractivity contribution < 1.29 is 9.53 Å². The Kier molecular flexibility index (Phi) is 6.86. The van der Waals surface area contributed by atoms with Gasteiger partial charge in [0.25, 0.3) is 5.91 Å². The van der Waals surface area contributed by atoms with Crippen LogP contribution in [0.5, 0.6) is 5.75 Å². The van der Waals surface area contributed by atoms with Gasteiger partial charge in [0.2, 0.25) is 5.82 Å². The molecule has 2 aromatic rings. The number of aromatic nitrogens is 3. The molecule has 1 fully saturated rings. The predicted octanol–water partition coefficient (Wildman–Crippen LogP) is 1.52. The normalized spacial score (nSPS) is 17.4. The predicted molar refractivity (Wildman–Crippen MR) is 107 cm³/mol. The van der Waals surface area contributed by atoms with Crippen LogP contribution in [0.2, 0.25) is 0 Å². The van der Waals surface area contributed by atoms with Crippen molar-refractivity contribution in [1.82, 2.24) is 25.0 Å². The molecule has 0 radical (unpaired) electrons. The first-order valence-corrected chi connectivity index (χ1v) is 9.88. The number of carbonyl (C=O) groups excluding carboxylic acids is 1. The zero-order valence-corrected chi connectivity index (χ0v) is 16.6. The third-order valence-electron chi connectivity index (χ3n) is 5.31. The molecule has 2 N–H and O–H groups in total. The molecule has 0 saturated carbocycles. The molecule has 2 heterocycles. The van der Waals surface area contributed by atoms with Crippen LogP contribution in [-0.4, -0.2) is 70.7 Å². The van der Waals surface area contributed by atoms with Crippen LogP contribution in [0.25, 0.3) is 0 Å². The summed E-state index contributed by atoms with van der Waals surface area (Å²) in [5.41, 5.74) is 0.815. The summed E-state index contributed by atoms with van der Waals surface area (Å²) in [7, 11) is 1.69. The van der Waals surface area contributed by atoms with Gasteiger partial charge < -0.3 is 14.5 Å². The number of likely N-dealkylation sites (tertiary alicyclic amines) is 1. The van der Waals surface area contributed by atoms with Crippen LogP contribution in [0.1, 0.15) is 35.9 Å². The zero-order chi connectivity index (χ0) is 19.9. The molecule has 0 unspecified atom stereocenters. The van der Waals surface area contributed by atoms with E-state index in [4.69, 9.17) is 4.74 Å². The van der Waals surface area contributed by atoms with Gasteiger partial charge in [0.05, 0.1) is 7.11 Å². The molecular weight excluding hydrogens is 358 g/mol. The second-order valence-corrected chi connectivity index (χ2v) is 7.28. The number of H-pyrrole nitrogens is 2. The number of carbonyl (C=O) groups is 1. The first-order valence-electron chi connectivity index (χ1n) is 9.88. The summed E-state index contributed by atoms with van der Waals surface area (Å²) in [6.45, 7) is 6.29. The quantitative estimate of drug-likeness (QED) is 0.716. The largest absolute Gasteiger partial charge is 0.497 e. The summed E-state index contributed by atoms with van der Waals surface area (Å²) in [5.74, 6) is 1.17. The van der Waals surface area contributed by atoms with Gasteiger partial charge in [0.15, 0.2) is 0 Å². The van der Waals surface area contributed by atoms with E-state index in [2.05, 4.69) is 32.2 Å². The molecule has 152 valence electrons. The molecule has 8 heteroatoms. The lowest BCUT2D eigenvalue weighted by molar-refractivity contribution is 0.0679. The molecule has 1 saturated heterocycles. The third-order valence-corrected chi connectivity index (χ3v) is 5.31. The van der Waals surface area contributed by atoms with Crippen LogP contribution in [0, 0.1) is 5.92 Å². The highest BCUT2D eigenvalue weighted by Gasteiger charge is 2.25. The van der Waals surface area contributed by atoms with Crippen molar-refractivity contribution in [3.8, 4) is 5.75 Å². The van der Waals surface area contributed by atoms with E-state index in [1.54, 1.807) is 12.0 Å². The molecule has 3 rings (SSSR count). The maximum atomic E-state index is 12.6. The van der Waals surface area contributed by atoms with Gasteiger partial charge in [-0.15, -0.1) is 5.10 Å². The Bertz CT molecular complexity index is 831. The maximum absolute atomic E-state index is 12.6. The Morgan fingerprint density at radius 1 is 1.43 bits per heavy atom. The molecule has 1 aliphatic rings. The van der Waals surface area contributed by atoms with Crippen LogP contribution in [-0.2, 0) is 6.42 Å². The highest BCUT2D eigenvalue weighted by Crippen LogP contribution is 2.19. The summed E-state index contributed by atoms with van der Waals surface area (Å²) in [5, 5.41) is 6.02. The highest BCUT2D eigenvalue weighted by atomic mass is 16.5. The molecule has 1 aliphatic heterocycles. The van der Waals surface area contributed by atoms with E-state index in [1.165, 1.54) is 5.56 Å². The van der Waals surface area contributed by atoms with E-state index in [1.807, 2.05) is 19.1 Å². The fourth-order valence-electron chi connectivity index (χ4n) is 3.81. The van der Waals surface area contributed by atoms with Crippen molar-refractivity contribution >= 4 is 5.91 Å². The zero-order valence-electron chi connectivity index (χ0n) is 16.6. The van der Waals surface area contributed by atoms with E-state index in [9.17, 15) is 9.59 Å². The van der Waals surface area contributed by atoms with E-state index in [0.717, 1.165) is 44.6 Å². The smallest absolute Gasteiger partial charge is 0.341 e. The number of aromatic amines is 2. The summed E-state index contributed by atoms with van der Waals surface area (Å²) in [6.07, 6.45) is 3.22. The van der Waals surface area contributed by atoms with Crippen LogP contribution in [0.4, 0.5) is 0 Å². The van der Waals surface area contributed by atoms with E-state index >= 15 is 0 Å². The average molecular weight is 387 g/mol. The summed E-state index contributed by atoms with van der Waals surface area (Å²) >= 11 is 0. The van der Waals surface area contributed by atoms with Gasteiger partial charge >= 0.3 is 5.69 Å². The topological polar surface area (TPSA) is 94.3 Å². The van der Waals surface area contributed by atoms with Gasteiger partial charge in [-0.05, 0) is 56.3 Å². The second kappa shape index (κ2) is 9.54. The van der Waals surface area contributed by atoms with Gasteiger partial charge in [0, 0.05) is 26.2 Å². The standard InChI is InChI=1S/C20H29N5O3/c1-3-25(19(26)18-21-20(27)23-22-18)14-16-7-5-10-24(13-16)11-9-15-6-4-8-17(12-15)28-2/h4,6,8,12,16H,3,5,7,9-11,13-14H2,1-2H3,(H2,21,22,23,27)/t16-/m1/s1. The van der Waals surface area contributed by atoms with Gasteiger partial charge in [-0.2, -0.15) is 0 Å². The van der Waals surface area contributed by atoms with E-state index in [-0.39, 0.29) is 11.7 Å². The van der Waals surface area contributed by atoms with Crippen LogP contribution >= 0.6 is 0 Å². The first kappa shape index (κ1) is 20.1. The Labute approximate surface area is 164 Å². The number of methoxy groups -OCH3 is 1. The minimum atomic E-state index is -0.458. The molecule has 0 bridgehead atoms. The lowest BCUT2D eigenvalue weighted by atomic mass is 9.96. The lowest BCUT2D eigenvalue weighted by Crippen LogP contribution is -2.43. The highest BCUT2D eigenvalue weighted by molar-refractivity contribution is 5.90. The number of rotatable bonds is 8. The summed E-state index contributed by atoms with van der Waals surface area (Å²) < 4.78 is 5.30. The summed E-state index contributed by atoms with van der Waals surface area (Å²) in [4.78, 5) is 30.5. The first-order chi connectivity index (χ1) is 13.6. The number of ether oxygens (including phenoxy) is 1. The minimum Gasteiger partial charge on any atom is -0.497 e. The number of nitrogens with one attached hydrogen (secondary N) is 2. The number of nitrogens with zero attached hydrogens (tertiary/aromatic N) is 3. The molecular formula is C20H29N5O3. The van der Waals surface area contributed by atoms with Crippen LogP contribution < -0.4 is 10.4 Å². The van der Waals surface area contributed by atoms with Crippen molar-refractivity contribution in [1.29, 1.82) is 0 Å². The Hall–Kier alpha value is -2.61. The lowest BCUT2D eigenvalue weighted by Gasteiger charge is -2.35. The number of piperidine rings is 1. The van der Waals surface area contributed by atoms with Gasteiger partial charge in [-0.25, -0.2) is 9.89 Å². The van der Waals surface area contributed by atoms with Gasteiger partial charge in [0.1, 0.15) is 5.75 Å². The Morgan fingerprint density at radius 2 is 2.29 bits per heavy atom. The number of amides is 1. The minimum absolute atomic E-state index is 0.0811. The maximum Gasteiger partial charge on any atom is 0.341 e. The van der Waals surface area contributed by atoms with Crippen LogP contribution in [0.15, 0.2) is 29.1 Å². The van der Waals surface area contributed by atoms with Crippen molar-refractivity contribution in [2.75, 3.05) is 39.8 Å². The second-order valence-electron chi connectivity index (χ2n) is 7.28. The fourth-order valence-corrected chi connectivity index (χ4v) is 3.81. The Morgan fingerprint density at radius 3 is 3.00 bits per heavy atom. The molecule has 0 spiro atoms. The van der Waals surface area contributed by atoms with Gasteiger partial charge in [-0.1, -0.05) is 12.1 Å². The number of benzene rings is 1. The molecule has 28 heavy (non-hydrogen) atoms. The van der Waals surface area contributed by atoms with E-state index < -0.39 is 5.69 Å².